The lowest BCUT2D eigenvalue weighted by atomic mass is 9.97. The SMILES string of the molecule is N[C@@H]1CC(c2cncs2)Oc2cc(F)ccc21. The molecule has 0 fully saturated rings. The summed E-state index contributed by atoms with van der Waals surface area (Å²) in [5.74, 6) is 0.239. The molecule has 5 heteroatoms. The van der Waals surface area contributed by atoms with Crippen molar-refractivity contribution in [1.29, 1.82) is 0 Å². The fourth-order valence-corrected chi connectivity index (χ4v) is 2.70. The molecule has 0 saturated carbocycles. The van der Waals surface area contributed by atoms with Gasteiger partial charge in [0, 0.05) is 30.3 Å². The van der Waals surface area contributed by atoms with E-state index in [-0.39, 0.29) is 18.0 Å². The van der Waals surface area contributed by atoms with Gasteiger partial charge in [-0.2, -0.15) is 0 Å². The third kappa shape index (κ3) is 1.92. The largest absolute Gasteiger partial charge is 0.484 e. The number of rotatable bonds is 1. The fraction of sp³-hybridized carbons (Fsp3) is 0.250. The van der Waals surface area contributed by atoms with Crippen molar-refractivity contribution in [1.82, 2.24) is 4.98 Å². The Bertz CT molecular complexity index is 529. The van der Waals surface area contributed by atoms with Gasteiger partial charge in [-0.15, -0.1) is 11.3 Å². The third-order valence-corrected chi connectivity index (χ3v) is 3.75. The van der Waals surface area contributed by atoms with Crippen LogP contribution in [-0.2, 0) is 0 Å². The zero-order chi connectivity index (χ0) is 11.8. The van der Waals surface area contributed by atoms with Gasteiger partial charge in [-0.25, -0.2) is 4.39 Å². The summed E-state index contributed by atoms with van der Waals surface area (Å²) in [4.78, 5) is 5.04. The number of hydrogen-bond donors (Lipinski definition) is 1. The monoisotopic (exact) mass is 250 g/mol. The second kappa shape index (κ2) is 4.09. The molecule has 1 aliphatic rings. The van der Waals surface area contributed by atoms with Crippen molar-refractivity contribution in [2.24, 2.45) is 5.73 Å². The molecule has 0 amide bonds. The molecule has 3 nitrogen and oxygen atoms in total. The minimum Gasteiger partial charge on any atom is -0.484 e. The Morgan fingerprint density at radius 1 is 1.47 bits per heavy atom. The van der Waals surface area contributed by atoms with E-state index in [4.69, 9.17) is 10.5 Å². The molecule has 2 N–H and O–H groups in total. The Balaban J connectivity index is 1.97. The van der Waals surface area contributed by atoms with Crippen LogP contribution in [0.3, 0.4) is 0 Å². The molecule has 0 spiro atoms. The normalized spacial score (nSPS) is 22.9. The molecule has 1 aromatic carbocycles. The van der Waals surface area contributed by atoms with Gasteiger partial charge in [-0.1, -0.05) is 6.07 Å². The van der Waals surface area contributed by atoms with Crippen LogP contribution in [0, 0.1) is 5.82 Å². The van der Waals surface area contributed by atoms with Crippen molar-refractivity contribution in [3.8, 4) is 5.75 Å². The van der Waals surface area contributed by atoms with Gasteiger partial charge in [-0.3, -0.25) is 4.98 Å². The molecule has 0 radical (unpaired) electrons. The first-order valence-electron chi connectivity index (χ1n) is 5.34. The van der Waals surface area contributed by atoms with Crippen LogP contribution < -0.4 is 10.5 Å². The summed E-state index contributed by atoms with van der Waals surface area (Å²) >= 11 is 1.52. The van der Waals surface area contributed by atoms with Crippen LogP contribution in [0.2, 0.25) is 0 Å². The molecule has 2 atom stereocenters. The van der Waals surface area contributed by atoms with E-state index in [2.05, 4.69) is 4.98 Å². The number of fused-ring (bicyclic) bond motifs is 1. The maximum absolute atomic E-state index is 13.2. The van der Waals surface area contributed by atoms with Crippen molar-refractivity contribution in [3.63, 3.8) is 0 Å². The first kappa shape index (κ1) is 10.7. The van der Waals surface area contributed by atoms with Gasteiger partial charge in [-0.05, 0) is 6.07 Å². The van der Waals surface area contributed by atoms with Crippen LogP contribution in [0.15, 0.2) is 29.9 Å². The Morgan fingerprint density at radius 3 is 3.12 bits per heavy atom. The Hall–Kier alpha value is -1.46. The quantitative estimate of drug-likeness (QED) is 0.846. The van der Waals surface area contributed by atoms with Crippen LogP contribution in [0.4, 0.5) is 4.39 Å². The molecular weight excluding hydrogens is 239 g/mol. The third-order valence-electron chi connectivity index (χ3n) is 2.88. The average Bonchev–Trinajstić information content (AvgIpc) is 2.81. The molecule has 0 bridgehead atoms. The van der Waals surface area contributed by atoms with E-state index in [1.807, 2.05) is 0 Å². The zero-order valence-electron chi connectivity index (χ0n) is 8.97. The molecule has 3 rings (SSSR count). The number of aromatic nitrogens is 1. The van der Waals surface area contributed by atoms with E-state index in [9.17, 15) is 4.39 Å². The fourth-order valence-electron chi connectivity index (χ4n) is 2.03. The predicted octanol–water partition coefficient (Wildman–Crippen LogP) is 2.81. The highest BCUT2D eigenvalue weighted by Crippen LogP contribution is 2.40. The molecule has 2 aromatic rings. The van der Waals surface area contributed by atoms with Crippen LogP contribution in [-0.4, -0.2) is 4.98 Å². The average molecular weight is 250 g/mol. The van der Waals surface area contributed by atoms with E-state index < -0.39 is 0 Å². The van der Waals surface area contributed by atoms with Crippen LogP contribution in [0.1, 0.15) is 29.0 Å². The molecule has 0 aliphatic carbocycles. The second-order valence-corrected chi connectivity index (χ2v) is 4.95. The van der Waals surface area contributed by atoms with Gasteiger partial charge in [0.05, 0.1) is 10.4 Å². The van der Waals surface area contributed by atoms with Crippen molar-refractivity contribution in [3.05, 3.63) is 46.2 Å². The number of nitrogens with zero attached hydrogens (tertiary/aromatic N) is 1. The van der Waals surface area contributed by atoms with E-state index in [0.29, 0.717) is 12.2 Å². The summed E-state index contributed by atoms with van der Waals surface area (Å²) in [7, 11) is 0. The number of hydrogen-bond acceptors (Lipinski definition) is 4. The summed E-state index contributed by atoms with van der Waals surface area (Å²) in [6.45, 7) is 0. The first-order chi connectivity index (χ1) is 8.24. The van der Waals surface area contributed by atoms with Gasteiger partial charge >= 0.3 is 0 Å². The van der Waals surface area contributed by atoms with E-state index in [1.54, 1.807) is 17.8 Å². The highest BCUT2D eigenvalue weighted by atomic mass is 32.1. The lowest BCUT2D eigenvalue weighted by Crippen LogP contribution is -2.23. The zero-order valence-corrected chi connectivity index (χ0v) is 9.78. The van der Waals surface area contributed by atoms with Crippen LogP contribution in [0.25, 0.3) is 0 Å². The summed E-state index contributed by atoms with van der Waals surface area (Å²) in [5.41, 5.74) is 8.70. The smallest absolute Gasteiger partial charge is 0.136 e. The Kier molecular flexibility index (Phi) is 2.57. The van der Waals surface area contributed by atoms with Crippen molar-refractivity contribution < 1.29 is 9.13 Å². The van der Waals surface area contributed by atoms with Gasteiger partial charge < -0.3 is 10.5 Å². The van der Waals surface area contributed by atoms with E-state index in [1.165, 1.54) is 23.5 Å². The van der Waals surface area contributed by atoms with Crippen molar-refractivity contribution in [2.75, 3.05) is 0 Å². The Labute approximate surface area is 102 Å². The highest BCUT2D eigenvalue weighted by molar-refractivity contribution is 7.09. The molecule has 1 aromatic heterocycles. The molecule has 2 heterocycles. The van der Waals surface area contributed by atoms with Gasteiger partial charge in [0.2, 0.25) is 0 Å². The molecule has 17 heavy (non-hydrogen) atoms. The van der Waals surface area contributed by atoms with Crippen LogP contribution >= 0.6 is 11.3 Å². The summed E-state index contributed by atoms with van der Waals surface area (Å²) < 4.78 is 18.9. The van der Waals surface area contributed by atoms with E-state index >= 15 is 0 Å². The van der Waals surface area contributed by atoms with Crippen molar-refractivity contribution in [2.45, 2.75) is 18.6 Å². The molecule has 88 valence electrons. The summed E-state index contributed by atoms with van der Waals surface area (Å²) in [6.07, 6.45) is 2.35. The second-order valence-electron chi connectivity index (χ2n) is 4.03. The standard InChI is InChI=1S/C12H11FN2OS/c13-7-1-2-8-9(14)4-11(16-10(8)3-7)12-5-15-6-17-12/h1-3,5-6,9,11H,4,14H2/t9-,11?/m1/s1. The van der Waals surface area contributed by atoms with Gasteiger partial charge in [0.25, 0.3) is 0 Å². The maximum atomic E-state index is 13.2. The minimum atomic E-state index is -0.305. The maximum Gasteiger partial charge on any atom is 0.136 e. The summed E-state index contributed by atoms with van der Waals surface area (Å²) in [5, 5.41) is 0. The first-order valence-corrected chi connectivity index (χ1v) is 6.22. The highest BCUT2D eigenvalue weighted by Gasteiger charge is 2.28. The lowest BCUT2D eigenvalue weighted by molar-refractivity contribution is 0.164. The topological polar surface area (TPSA) is 48.1 Å². The van der Waals surface area contributed by atoms with Gasteiger partial charge in [0.1, 0.15) is 17.7 Å². The number of benzene rings is 1. The summed E-state index contributed by atoms with van der Waals surface area (Å²) in [6, 6.07) is 4.38. The number of halogens is 1. The number of thiazole rings is 1. The molecule has 1 aliphatic heterocycles. The minimum absolute atomic E-state index is 0.119. The molecule has 0 saturated heterocycles. The predicted molar refractivity (Wildman–Crippen MR) is 63.4 cm³/mol. The number of nitrogens with two attached hydrogens (primary N) is 1. The van der Waals surface area contributed by atoms with Crippen molar-refractivity contribution >= 4 is 11.3 Å². The number of ether oxygens (including phenoxy) is 1. The van der Waals surface area contributed by atoms with E-state index in [0.717, 1.165) is 10.4 Å². The molecule has 1 unspecified atom stereocenters. The molecular formula is C12H11FN2OS. The van der Waals surface area contributed by atoms with Gasteiger partial charge in [0.15, 0.2) is 0 Å². The Morgan fingerprint density at radius 2 is 2.35 bits per heavy atom. The lowest BCUT2D eigenvalue weighted by Gasteiger charge is -2.29. The van der Waals surface area contributed by atoms with Crippen LogP contribution in [0.5, 0.6) is 5.75 Å².